The second-order valence-electron chi connectivity index (χ2n) is 8.85. The van der Waals surface area contributed by atoms with Gasteiger partial charge >= 0.3 is 0 Å². The zero-order valence-electron chi connectivity index (χ0n) is 18.1. The van der Waals surface area contributed by atoms with Gasteiger partial charge in [-0.1, -0.05) is 0 Å². The molecule has 4 rings (SSSR count). The van der Waals surface area contributed by atoms with E-state index >= 15 is 0 Å². The van der Waals surface area contributed by atoms with Gasteiger partial charge in [0.1, 0.15) is 0 Å². The molecule has 0 bridgehead atoms. The van der Waals surface area contributed by atoms with Crippen LogP contribution in [0.3, 0.4) is 0 Å². The number of carbonyl (C=O) groups excluding carboxylic acids is 1. The van der Waals surface area contributed by atoms with Gasteiger partial charge in [0.25, 0.3) is 0 Å². The summed E-state index contributed by atoms with van der Waals surface area (Å²) in [6.07, 6.45) is 5.80. The first kappa shape index (κ1) is 21.1. The number of nitriles is 1. The van der Waals surface area contributed by atoms with Crippen molar-refractivity contribution in [1.29, 1.82) is 5.26 Å². The summed E-state index contributed by atoms with van der Waals surface area (Å²) in [7, 11) is 3.81. The lowest BCUT2D eigenvalue weighted by molar-refractivity contribution is -0.107. The minimum Gasteiger partial charge on any atom is -0.393 e. The molecule has 162 valence electrons. The van der Waals surface area contributed by atoms with E-state index in [0.717, 1.165) is 49.0 Å². The van der Waals surface area contributed by atoms with Crippen LogP contribution in [0.2, 0.25) is 0 Å². The number of anilines is 4. The van der Waals surface area contributed by atoms with Crippen LogP contribution >= 0.6 is 0 Å². The molecule has 2 aliphatic rings. The molecule has 0 radical (unpaired) electrons. The average Bonchev–Trinajstić information content (AvgIpc) is 3.27. The molecule has 0 saturated heterocycles. The number of carbonyl (C=O) groups is 1. The van der Waals surface area contributed by atoms with E-state index in [1.165, 1.54) is 0 Å². The minimum absolute atomic E-state index is 0.0677. The van der Waals surface area contributed by atoms with E-state index in [2.05, 4.69) is 16.4 Å². The molecule has 2 aliphatic carbocycles. The lowest BCUT2D eigenvalue weighted by atomic mass is 10.0. The van der Waals surface area contributed by atoms with Crippen molar-refractivity contribution >= 4 is 29.6 Å². The Hall–Kier alpha value is -3.18. The van der Waals surface area contributed by atoms with Crippen LogP contribution in [-0.2, 0) is 4.79 Å². The van der Waals surface area contributed by atoms with Gasteiger partial charge in [-0.15, -0.1) is 0 Å². The number of aliphatic hydroxyl groups is 1. The summed E-state index contributed by atoms with van der Waals surface area (Å²) in [5, 5.41) is 22.2. The Balaban J connectivity index is 1.63. The third-order valence-electron chi connectivity index (χ3n) is 6.55. The van der Waals surface area contributed by atoms with Gasteiger partial charge in [-0.25, -0.2) is 4.98 Å². The molecule has 0 aliphatic heterocycles. The standard InChI is InChI=1S/C23H28N6O2/c1-14-6-15(11-24)4-5-20(14)26-23-25-12-21(28(2)3)22(27-23)29(13-30)18-7-16-9-19(31)10-17(16)8-18/h4-6,12-13,16-19,31H,7-10H2,1-3H3,(H,25,26,27). The molecule has 8 nitrogen and oxygen atoms in total. The Bertz CT molecular complexity index is 1000. The number of hydrogen-bond acceptors (Lipinski definition) is 7. The Morgan fingerprint density at radius 2 is 1.94 bits per heavy atom. The van der Waals surface area contributed by atoms with Crippen LogP contribution in [-0.4, -0.2) is 47.7 Å². The molecule has 1 aromatic heterocycles. The van der Waals surface area contributed by atoms with Crippen molar-refractivity contribution in [2.75, 3.05) is 29.2 Å². The molecule has 2 saturated carbocycles. The van der Waals surface area contributed by atoms with Crippen molar-refractivity contribution < 1.29 is 9.90 Å². The maximum absolute atomic E-state index is 12.2. The molecule has 2 aromatic rings. The molecule has 1 aromatic carbocycles. The quantitative estimate of drug-likeness (QED) is 0.692. The summed E-state index contributed by atoms with van der Waals surface area (Å²) in [5.41, 5.74) is 3.09. The fourth-order valence-electron chi connectivity index (χ4n) is 5.01. The number of rotatable bonds is 6. The lowest BCUT2D eigenvalue weighted by Gasteiger charge is -2.28. The first-order valence-electron chi connectivity index (χ1n) is 10.6. The highest BCUT2D eigenvalue weighted by molar-refractivity contribution is 5.82. The number of fused-ring (bicyclic) bond motifs is 1. The van der Waals surface area contributed by atoms with Gasteiger partial charge in [-0.05, 0) is 68.2 Å². The zero-order chi connectivity index (χ0) is 22.1. The highest BCUT2D eigenvalue weighted by atomic mass is 16.3. The number of nitrogens with zero attached hydrogens (tertiary/aromatic N) is 5. The number of amides is 1. The van der Waals surface area contributed by atoms with E-state index < -0.39 is 0 Å². The number of aryl methyl sites for hydroxylation is 1. The predicted molar refractivity (Wildman–Crippen MR) is 119 cm³/mol. The van der Waals surface area contributed by atoms with Crippen molar-refractivity contribution in [3.8, 4) is 6.07 Å². The largest absolute Gasteiger partial charge is 0.393 e. The third kappa shape index (κ3) is 4.19. The fraction of sp³-hybridized carbons (Fsp3) is 0.478. The van der Waals surface area contributed by atoms with E-state index in [-0.39, 0.29) is 12.1 Å². The average molecular weight is 421 g/mol. The predicted octanol–water partition coefficient (Wildman–Crippen LogP) is 2.98. The maximum Gasteiger partial charge on any atom is 0.229 e. The second-order valence-corrected chi connectivity index (χ2v) is 8.85. The molecule has 2 unspecified atom stereocenters. The molecule has 1 amide bonds. The van der Waals surface area contributed by atoms with Gasteiger partial charge in [-0.3, -0.25) is 9.69 Å². The molecule has 31 heavy (non-hydrogen) atoms. The second kappa shape index (κ2) is 8.52. The SMILES string of the molecule is Cc1cc(C#N)ccc1Nc1ncc(N(C)C)c(N(C=O)C2CC3CC(O)CC3C2)n1. The number of hydrogen-bond donors (Lipinski definition) is 2. The number of benzene rings is 1. The van der Waals surface area contributed by atoms with Crippen LogP contribution in [0.5, 0.6) is 0 Å². The van der Waals surface area contributed by atoms with E-state index in [1.54, 1.807) is 23.2 Å². The van der Waals surface area contributed by atoms with Gasteiger partial charge < -0.3 is 15.3 Å². The number of nitrogens with one attached hydrogen (secondary N) is 1. The van der Waals surface area contributed by atoms with Crippen LogP contribution in [0.4, 0.5) is 23.1 Å². The van der Waals surface area contributed by atoms with Crippen molar-refractivity contribution in [2.24, 2.45) is 11.8 Å². The molecular formula is C23H28N6O2. The highest BCUT2D eigenvalue weighted by Crippen LogP contribution is 2.46. The molecule has 8 heteroatoms. The minimum atomic E-state index is -0.205. The summed E-state index contributed by atoms with van der Waals surface area (Å²) >= 11 is 0. The summed E-state index contributed by atoms with van der Waals surface area (Å²) in [6.45, 7) is 1.92. The number of aliphatic hydroxyl groups excluding tert-OH is 1. The van der Waals surface area contributed by atoms with Crippen LogP contribution in [0, 0.1) is 30.1 Å². The third-order valence-corrected chi connectivity index (χ3v) is 6.55. The Morgan fingerprint density at radius 3 is 2.52 bits per heavy atom. The van der Waals surface area contributed by atoms with Gasteiger partial charge in [-0.2, -0.15) is 10.2 Å². The highest BCUT2D eigenvalue weighted by Gasteiger charge is 2.43. The summed E-state index contributed by atoms with van der Waals surface area (Å²) in [5.74, 6) is 1.90. The van der Waals surface area contributed by atoms with Crippen molar-refractivity contribution in [1.82, 2.24) is 9.97 Å². The van der Waals surface area contributed by atoms with E-state index in [1.807, 2.05) is 32.0 Å². The van der Waals surface area contributed by atoms with Crippen LogP contribution in [0.15, 0.2) is 24.4 Å². The maximum atomic E-state index is 12.2. The van der Waals surface area contributed by atoms with Crippen LogP contribution in [0.25, 0.3) is 0 Å². The van der Waals surface area contributed by atoms with Gasteiger partial charge in [0.15, 0.2) is 5.82 Å². The van der Waals surface area contributed by atoms with Crippen LogP contribution in [0.1, 0.15) is 36.8 Å². The molecule has 2 N–H and O–H groups in total. The molecule has 2 atom stereocenters. The smallest absolute Gasteiger partial charge is 0.229 e. The topological polar surface area (TPSA) is 105 Å². The zero-order valence-corrected chi connectivity index (χ0v) is 18.1. The van der Waals surface area contributed by atoms with Crippen molar-refractivity contribution in [3.05, 3.63) is 35.5 Å². The summed E-state index contributed by atoms with van der Waals surface area (Å²) < 4.78 is 0. The lowest BCUT2D eigenvalue weighted by Crippen LogP contribution is -2.35. The van der Waals surface area contributed by atoms with Gasteiger partial charge in [0, 0.05) is 25.8 Å². The Morgan fingerprint density at radius 1 is 1.23 bits per heavy atom. The Kier molecular flexibility index (Phi) is 5.79. The van der Waals surface area contributed by atoms with E-state index in [9.17, 15) is 9.90 Å². The van der Waals surface area contributed by atoms with Gasteiger partial charge in [0.05, 0.1) is 29.6 Å². The van der Waals surface area contributed by atoms with E-state index in [4.69, 9.17) is 10.2 Å². The molecule has 2 fully saturated rings. The van der Waals surface area contributed by atoms with Crippen molar-refractivity contribution in [3.63, 3.8) is 0 Å². The summed E-state index contributed by atoms with van der Waals surface area (Å²) in [4.78, 5) is 25.0. The Labute approximate surface area is 182 Å². The van der Waals surface area contributed by atoms with Gasteiger partial charge in [0.2, 0.25) is 12.4 Å². The van der Waals surface area contributed by atoms with Crippen molar-refractivity contribution in [2.45, 2.75) is 44.8 Å². The molecular weight excluding hydrogens is 392 g/mol. The van der Waals surface area contributed by atoms with Crippen LogP contribution < -0.4 is 15.1 Å². The molecule has 1 heterocycles. The fourth-order valence-corrected chi connectivity index (χ4v) is 5.01. The normalized spacial score (nSPS) is 24.4. The first-order valence-corrected chi connectivity index (χ1v) is 10.6. The summed E-state index contributed by atoms with van der Waals surface area (Å²) in [6, 6.07) is 7.58. The van der Waals surface area contributed by atoms with E-state index in [0.29, 0.717) is 29.2 Å². The first-order chi connectivity index (χ1) is 14.9. The molecule has 0 spiro atoms. The number of aromatic nitrogens is 2. The monoisotopic (exact) mass is 420 g/mol.